The first kappa shape index (κ1) is 15.1. The van der Waals surface area contributed by atoms with Crippen LogP contribution in [0.3, 0.4) is 0 Å². The number of nitrogens with one attached hydrogen (secondary N) is 1. The first-order valence-electron chi connectivity index (χ1n) is 7.12. The summed E-state index contributed by atoms with van der Waals surface area (Å²) in [5, 5.41) is 3.19. The van der Waals surface area contributed by atoms with Gasteiger partial charge >= 0.3 is 0 Å². The van der Waals surface area contributed by atoms with E-state index < -0.39 is 0 Å². The lowest BCUT2D eigenvalue weighted by molar-refractivity contribution is 0.0857. The van der Waals surface area contributed by atoms with Crippen molar-refractivity contribution in [3.63, 3.8) is 0 Å². The van der Waals surface area contributed by atoms with Crippen LogP contribution in [-0.2, 0) is 0 Å². The summed E-state index contributed by atoms with van der Waals surface area (Å²) in [7, 11) is 0. The molecule has 1 aliphatic rings. The molecule has 0 aromatic carbocycles. The zero-order chi connectivity index (χ0) is 14.6. The summed E-state index contributed by atoms with van der Waals surface area (Å²) >= 11 is 1.43. The monoisotopic (exact) mass is 290 g/mol. The second-order valence-corrected chi connectivity index (χ2v) is 7.01. The van der Waals surface area contributed by atoms with Crippen LogP contribution in [0.2, 0.25) is 0 Å². The van der Waals surface area contributed by atoms with Gasteiger partial charge in [0.2, 0.25) is 0 Å². The Bertz CT molecular complexity index is 536. The molecule has 0 aliphatic heterocycles. The summed E-state index contributed by atoms with van der Waals surface area (Å²) in [6.07, 6.45) is 4.71. The summed E-state index contributed by atoms with van der Waals surface area (Å²) in [6, 6.07) is 3.99. The van der Waals surface area contributed by atoms with Crippen LogP contribution in [0, 0.1) is 17.3 Å². The Labute approximate surface area is 124 Å². The van der Waals surface area contributed by atoms with E-state index in [1.54, 1.807) is 0 Å². The average Bonchev–Trinajstić information content (AvgIpc) is 2.87. The smallest absolute Gasteiger partial charge is 0.261 e. The highest BCUT2D eigenvalue weighted by Gasteiger charge is 2.33. The molecule has 0 radical (unpaired) electrons. The van der Waals surface area contributed by atoms with Gasteiger partial charge in [-0.25, -0.2) is 0 Å². The van der Waals surface area contributed by atoms with Gasteiger partial charge in [-0.2, -0.15) is 0 Å². The van der Waals surface area contributed by atoms with Crippen LogP contribution in [0.1, 0.15) is 54.1 Å². The van der Waals surface area contributed by atoms with Crippen molar-refractivity contribution in [3.8, 4) is 11.8 Å². The van der Waals surface area contributed by atoms with Gasteiger partial charge in [-0.15, -0.1) is 11.3 Å². The van der Waals surface area contributed by atoms with E-state index in [-0.39, 0.29) is 17.4 Å². The largest absolute Gasteiger partial charge is 0.348 e. The van der Waals surface area contributed by atoms with Crippen LogP contribution in [0.5, 0.6) is 0 Å². The number of hydrogen-bond donors (Lipinski definition) is 2. The van der Waals surface area contributed by atoms with E-state index in [4.69, 9.17) is 5.73 Å². The van der Waals surface area contributed by atoms with Crippen molar-refractivity contribution >= 4 is 17.2 Å². The molecular weight excluding hydrogens is 268 g/mol. The highest BCUT2D eigenvalue weighted by Crippen LogP contribution is 2.35. The minimum atomic E-state index is 0.0239. The van der Waals surface area contributed by atoms with Crippen LogP contribution >= 0.6 is 11.3 Å². The lowest BCUT2D eigenvalue weighted by atomic mass is 9.73. The van der Waals surface area contributed by atoms with Crippen LogP contribution in [0.15, 0.2) is 12.1 Å². The third-order valence-corrected chi connectivity index (χ3v) is 4.96. The number of rotatable bonds is 2. The Balaban J connectivity index is 2.02. The molecule has 0 saturated heterocycles. The third kappa shape index (κ3) is 3.62. The fourth-order valence-electron chi connectivity index (χ4n) is 2.66. The average molecular weight is 290 g/mol. The molecule has 3 nitrogen and oxygen atoms in total. The maximum Gasteiger partial charge on any atom is 0.261 e. The van der Waals surface area contributed by atoms with E-state index >= 15 is 0 Å². The standard InChI is InChI=1S/C16H22N2OS/c1-16(2)10-4-3-7-14(16)18-15(19)13-9-8-12(20-13)6-5-11-17/h8-9,14H,3-4,7,10-11,17H2,1-2H3,(H,18,19). The molecule has 1 aromatic rings. The molecule has 1 amide bonds. The first-order valence-corrected chi connectivity index (χ1v) is 7.94. The van der Waals surface area contributed by atoms with E-state index in [1.807, 2.05) is 12.1 Å². The first-order chi connectivity index (χ1) is 9.53. The Hall–Kier alpha value is -1.31. The number of hydrogen-bond acceptors (Lipinski definition) is 3. The molecule has 1 saturated carbocycles. The van der Waals surface area contributed by atoms with E-state index in [2.05, 4.69) is 31.0 Å². The molecule has 1 unspecified atom stereocenters. The number of carbonyl (C=O) groups excluding carboxylic acids is 1. The SMILES string of the molecule is CC1(C)CCCCC1NC(=O)c1ccc(C#CCN)s1. The Morgan fingerprint density at radius 1 is 1.50 bits per heavy atom. The fraction of sp³-hybridized carbons (Fsp3) is 0.562. The van der Waals surface area contributed by atoms with Gasteiger partial charge in [-0.1, -0.05) is 38.5 Å². The predicted molar refractivity (Wildman–Crippen MR) is 83.8 cm³/mol. The van der Waals surface area contributed by atoms with Gasteiger partial charge in [0, 0.05) is 6.04 Å². The number of amides is 1. The molecule has 3 N–H and O–H groups in total. The maximum absolute atomic E-state index is 12.3. The van der Waals surface area contributed by atoms with Gasteiger partial charge < -0.3 is 11.1 Å². The maximum atomic E-state index is 12.3. The van der Waals surface area contributed by atoms with Crippen LogP contribution in [0.25, 0.3) is 0 Å². The summed E-state index contributed by atoms with van der Waals surface area (Å²) < 4.78 is 0. The van der Waals surface area contributed by atoms with Gasteiger partial charge in [-0.05, 0) is 30.4 Å². The number of carbonyl (C=O) groups is 1. The zero-order valence-corrected chi connectivity index (χ0v) is 13.0. The third-order valence-electron chi connectivity index (χ3n) is 3.96. The lowest BCUT2D eigenvalue weighted by Crippen LogP contribution is -2.46. The van der Waals surface area contributed by atoms with Gasteiger partial charge in [0.25, 0.3) is 5.91 Å². The van der Waals surface area contributed by atoms with Gasteiger partial charge in [0.1, 0.15) is 0 Å². The normalized spacial score (nSPS) is 20.9. The van der Waals surface area contributed by atoms with E-state index in [1.165, 1.54) is 30.6 Å². The van der Waals surface area contributed by atoms with E-state index in [0.717, 1.165) is 16.2 Å². The fourth-order valence-corrected chi connectivity index (χ4v) is 3.44. The van der Waals surface area contributed by atoms with Crippen molar-refractivity contribution in [3.05, 3.63) is 21.9 Å². The highest BCUT2D eigenvalue weighted by atomic mass is 32.1. The predicted octanol–water partition coefficient (Wildman–Crippen LogP) is 2.76. The quantitative estimate of drug-likeness (QED) is 0.823. The number of thiophene rings is 1. The molecule has 20 heavy (non-hydrogen) atoms. The Morgan fingerprint density at radius 2 is 2.30 bits per heavy atom. The molecular formula is C16H22N2OS. The minimum Gasteiger partial charge on any atom is -0.348 e. The Morgan fingerprint density at radius 3 is 3.00 bits per heavy atom. The van der Waals surface area contributed by atoms with Gasteiger partial charge in [0.15, 0.2) is 0 Å². The molecule has 4 heteroatoms. The second kappa shape index (κ2) is 6.43. The van der Waals surface area contributed by atoms with Crippen molar-refractivity contribution in [1.29, 1.82) is 0 Å². The molecule has 1 aromatic heterocycles. The van der Waals surface area contributed by atoms with Crippen LogP contribution in [0.4, 0.5) is 0 Å². The molecule has 108 valence electrons. The van der Waals surface area contributed by atoms with Crippen molar-refractivity contribution < 1.29 is 4.79 Å². The van der Waals surface area contributed by atoms with Crippen molar-refractivity contribution in [1.82, 2.24) is 5.32 Å². The van der Waals surface area contributed by atoms with E-state index in [0.29, 0.717) is 6.54 Å². The zero-order valence-electron chi connectivity index (χ0n) is 12.2. The topological polar surface area (TPSA) is 55.1 Å². The summed E-state index contributed by atoms with van der Waals surface area (Å²) in [5.41, 5.74) is 5.54. The van der Waals surface area contributed by atoms with Crippen molar-refractivity contribution in [2.24, 2.45) is 11.1 Å². The summed E-state index contributed by atoms with van der Waals surface area (Å²) in [5.74, 6) is 5.79. The second-order valence-electron chi connectivity index (χ2n) is 5.93. The molecule has 1 fully saturated rings. The van der Waals surface area contributed by atoms with Crippen LogP contribution < -0.4 is 11.1 Å². The molecule has 1 atom stereocenters. The molecule has 0 bridgehead atoms. The van der Waals surface area contributed by atoms with Gasteiger partial charge in [-0.3, -0.25) is 4.79 Å². The molecule has 0 spiro atoms. The Kier molecular flexibility index (Phi) is 4.85. The number of nitrogens with two attached hydrogens (primary N) is 1. The van der Waals surface area contributed by atoms with E-state index in [9.17, 15) is 4.79 Å². The van der Waals surface area contributed by atoms with Crippen molar-refractivity contribution in [2.75, 3.05) is 6.54 Å². The minimum absolute atomic E-state index is 0.0239. The summed E-state index contributed by atoms with van der Waals surface area (Å²) in [4.78, 5) is 13.9. The van der Waals surface area contributed by atoms with Gasteiger partial charge in [0.05, 0.1) is 16.3 Å². The molecule has 1 heterocycles. The van der Waals surface area contributed by atoms with Crippen LogP contribution in [-0.4, -0.2) is 18.5 Å². The summed E-state index contributed by atoms with van der Waals surface area (Å²) in [6.45, 7) is 4.82. The molecule has 2 rings (SSSR count). The highest BCUT2D eigenvalue weighted by molar-refractivity contribution is 7.14. The van der Waals surface area contributed by atoms with Crippen molar-refractivity contribution in [2.45, 2.75) is 45.6 Å². The molecule has 1 aliphatic carbocycles. The lowest BCUT2D eigenvalue weighted by Gasteiger charge is -2.38.